The summed E-state index contributed by atoms with van der Waals surface area (Å²) >= 11 is 6.12. The van der Waals surface area contributed by atoms with E-state index < -0.39 is 17.7 Å². The van der Waals surface area contributed by atoms with Crippen molar-refractivity contribution in [2.24, 2.45) is 5.92 Å². The average Bonchev–Trinajstić information content (AvgIpc) is 2.51. The van der Waals surface area contributed by atoms with Crippen LogP contribution in [0.5, 0.6) is 11.5 Å². The van der Waals surface area contributed by atoms with Crippen molar-refractivity contribution in [1.29, 1.82) is 0 Å². The van der Waals surface area contributed by atoms with Crippen LogP contribution in [0.2, 0.25) is 5.02 Å². The molecule has 1 aliphatic heterocycles. The fourth-order valence-corrected chi connectivity index (χ4v) is 2.09. The molecule has 98 valence electrons. The van der Waals surface area contributed by atoms with E-state index in [1.807, 2.05) is 0 Å². The normalized spacial score (nSPS) is 17.6. The van der Waals surface area contributed by atoms with Crippen LogP contribution in [0, 0.1) is 5.92 Å². The first-order valence-electron chi connectivity index (χ1n) is 5.72. The van der Waals surface area contributed by atoms with Gasteiger partial charge in [0.2, 0.25) is 5.79 Å². The molecule has 1 unspecified atom stereocenters. The molecule has 2 rings (SSSR count). The van der Waals surface area contributed by atoms with Gasteiger partial charge in [-0.25, -0.2) is 0 Å². The molecule has 0 saturated carbocycles. The van der Waals surface area contributed by atoms with Crippen LogP contribution in [-0.2, 0) is 11.2 Å². The van der Waals surface area contributed by atoms with Crippen LogP contribution in [0.1, 0.15) is 26.3 Å². The van der Waals surface area contributed by atoms with Gasteiger partial charge < -0.3 is 14.6 Å². The number of hydrogen-bond acceptors (Lipinski definition) is 3. The van der Waals surface area contributed by atoms with Crippen LogP contribution in [0.25, 0.3) is 0 Å². The standard InChI is InChI=1S/C13H15ClO4/c1-7(12(15)16)4-8-5-10-11(6-9(8)14)18-13(2,3)17-10/h5-7H,4H2,1-3H3,(H,15,16). The zero-order valence-electron chi connectivity index (χ0n) is 10.5. The first-order chi connectivity index (χ1) is 8.28. The van der Waals surface area contributed by atoms with Gasteiger partial charge in [-0.3, -0.25) is 4.79 Å². The van der Waals surface area contributed by atoms with Gasteiger partial charge in [0.25, 0.3) is 0 Å². The van der Waals surface area contributed by atoms with Gasteiger partial charge in [0, 0.05) is 24.9 Å². The Morgan fingerprint density at radius 3 is 2.50 bits per heavy atom. The van der Waals surface area contributed by atoms with Gasteiger partial charge in [-0.15, -0.1) is 0 Å². The number of rotatable bonds is 3. The fourth-order valence-electron chi connectivity index (χ4n) is 1.86. The quantitative estimate of drug-likeness (QED) is 0.917. The fraction of sp³-hybridized carbons (Fsp3) is 0.462. The van der Waals surface area contributed by atoms with E-state index >= 15 is 0 Å². The Bertz CT molecular complexity index is 496. The molecular formula is C13H15ClO4. The number of fused-ring (bicyclic) bond motifs is 1. The summed E-state index contributed by atoms with van der Waals surface area (Å²) in [5.41, 5.74) is 0.756. The Labute approximate surface area is 110 Å². The Kier molecular flexibility index (Phi) is 3.15. The summed E-state index contributed by atoms with van der Waals surface area (Å²) in [7, 11) is 0. The predicted molar refractivity (Wildman–Crippen MR) is 67.3 cm³/mol. The van der Waals surface area contributed by atoms with Crippen LogP contribution in [0.15, 0.2) is 12.1 Å². The predicted octanol–water partition coefficient (Wildman–Crippen LogP) is 3.11. The third kappa shape index (κ3) is 2.53. The molecular weight excluding hydrogens is 256 g/mol. The number of benzene rings is 1. The van der Waals surface area contributed by atoms with E-state index in [1.54, 1.807) is 32.9 Å². The van der Waals surface area contributed by atoms with Gasteiger partial charge in [-0.1, -0.05) is 18.5 Å². The minimum Gasteiger partial charge on any atom is -0.481 e. The Hall–Kier alpha value is -1.42. The molecule has 0 fully saturated rings. The number of carboxylic acid groups (broad SMARTS) is 1. The van der Waals surface area contributed by atoms with Crippen LogP contribution >= 0.6 is 11.6 Å². The lowest BCUT2D eigenvalue weighted by Crippen LogP contribution is -2.29. The number of carbonyl (C=O) groups is 1. The molecule has 1 heterocycles. The molecule has 1 aromatic rings. The third-order valence-corrected chi connectivity index (χ3v) is 3.12. The maximum atomic E-state index is 10.9. The van der Waals surface area contributed by atoms with Gasteiger partial charge in [0.15, 0.2) is 11.5 Å². The van der Waals surface area contributed by atoms with Crippen molar-refractivity contribution in [1.82, 2.24) is 0 Å². The van der Waals surface area contributed by atoms with Gasteiger partial charge in [0.05, 0.1) is 5.92 Å². The van der Waals surface area contributed by atoms with E-state index in [0.29, 0.717) is 22.9 Å². The van der Waals surface area contributed by atoms with E-state index in [1.165, 1.54) is 0 Å². The number of halogens is 1. The molecule has 1 aromatic carbocycles. The zero-order valence-corrected chi connectivity index (χ0v) is 11.2. The van der Waals surface area contributed by atoms with Gasteiger partial charge in [0.1, 0.15) is 0 Å². The van der Waals surface area contributed by atoms with Crippen molar-refractivity contribution in [3.05, 3.63) is 22.7 Å². The first kappa shape index (κ1) is 13.0. The number of carboxylic acids is 1. The second kappa shape index (κ2) is 4.35. The molecule has 0 radical (unpaired) electrons. The minimum absolute atomic E-state index is 0.366. The Morgan fingerprint density at radius 1 is 1.39 bits per heavy atom. The Morgan fingerprint density at radius 2 is 1.94 bits per heavy atom. The maximum absolute atomic E-state index is 10.9. The molecule has 0 spiro atoms. The number of ether oxygens (including phenoxy) is 2. The van der Waals surface area contributed by atoms with Crippen LogP contribution < -0.4 is 9.47 Å². The lowest BCUT2D eigenvalue weighted by atomic mass is 10.0. The molecule has 0 aromatic heterocycles. The minimum atomic E-state index is -0.843. The summed E-state index contributed by atoms with van der Waals surface area (Å²) in [5, 5.41) is 9.41. The van der Waals surface area contributed by atoms with E-state index in [9.17, 15) is 4.79 Å². The summed E-state index contributed by atoms with van der Waals surface area (Å²) in [6.07, 6.45) is 0.366. The average molecular weight is 271 g/mol. The molecule has 18 heavy (non-hydrogen) atoms. The Balaban J connectivity index is 2.28. The van der Waals surface area contributed by atoms with Gasteiger partial charge in [-0.2, -0.15) is 0 Å². The third-order valence-electron chi connectivity index (χ3n) is 2.77. The van der Waals surface area contributed by atoms with Crippen molar-refractivity contribution < 1.29 is 19.4 Å². The van der Waals surface area contributed by atoms with E-state index in [2.05, 4.69) is 0 Å². The van der Waals surface area contributed by atoms with Crippen molar-refractivity contribution in [3.8, 4) is 11.5 Å². The van der Waals surface area contributed by atoms with Crippen LogP contribution in [0.3, 0.4) is 0 Å². The summed E-state index contributed by atoms with van der Waals surface area (Å²) in [6.45, 7) is 5.26. The SMILES string of the molecule is CC(Cc1cc2c(cc1Cl)OC(C)(C)O2)C(=O)O. The van der Waals surface area contributed by atoms with Crippen molar-refractivity contribution in [3.63, 3.8) is 0 Å². The highest BCUT2D eigenvalue weighted by molar-refractivity contribution is 6.31. The lowest BCUT2D eigenvalue weighted by Gasteiger charge is -2.16. The van der Waals surface area contributed by atoms with Crippen LogP contribution in [-0.4, -0.2) is 16.9 Å². The molecule has 0 aliphatic carbocycles. The van der Waals surface area contributed by atoms with E-state index in [-0.39, 0.29) is 0 Å². The second-order valence-corrected chi connectivity index (χ2v) is 5.34. The second-order valence-electron chi connectivity index (χ2n) is 4.94. The number of aliphatic carboxylic acids is 1. The van der Waals surface area contributed by atoms with Crippen molar-refractivity contribution >= 4 is 17.6 Å². The molecule has 4 nitrogen and oxygen atoms in total. The summed E-state index contributed by atoms with van der Waals surface area (Å²) in [6, 6.07) is 3.43. The monoisotopic (exact) mass is 270 g/mol. The first-order valence-corrected chi connectivity index (χ1v) is 6.09. The highest BCUT2D eigenvalue weighted by Crippen LogP contribution is 2.42. The maximum Gasteiger partial charge on any atom is 0.306 e. The summed E-state index contributed by atoms with van der Waals surface area (Å²) in [4.78, 5) is 10.9. The number of hydrogen-bond donors (Lipinski definition) is 1. The smallest absolute Gasteiger partial charge is 0.306 e. The van der Waals surface area contributed by atoms with Gasteiger partial charge >= 0.3 is 5.97 Å². The molecule has 0 bridgehead atoms. The van der Waals surface area contributed by atoms with Crippen molar-refractivity contribution in [2.75, 3.05) is 0 Å². The van der Waals surface area contributed by atoms with E-state index in [4.69, 9.17) is 26.2 Å². The van der Waals surface area contributed by atoms with E-state index in [0.717, 1.165) is 5.56 Å². The summed E-state index contributed by atoms with van der Waals surface area (Å²) in [5.74, 6) is -0.837. The highest BCUT2D eigenvalue weighted by atomic mass is 35.5. The molecule has 0 amide bonds. The summed E-state index contributed by atoms with van der Waals surface area (Å²) < 4.78 is 11.2. The van der Waals surface area contributed by atoms with Crippen molar-refractivity contribution in [2.45, 2.75) is 33.0 Å². The molecule has 1 aliphatic rings. The van der Waals surface area contributed by atoms with Crippen LogP contribution in [0.4, 0.5) is 0 Å². The van der Waals surface area contributed by atoms with Gasteiger partial charge in [-0.05, 0) is 18.1 Å². The highest BCUT2D eigenvalue weighted by Gasteiger charge is 2.32. The topological polar surface area (TPSA) is 55.8 Å². The largest absolute Gasteiger partial charge is 0.481 e. The zero-order chi connectivity index (χ0) is 13.5. The molecule has 1 atom stereocenters. The lowest BCUT2D eigenvalue weighted by molar-refractivity contribution is -0.141. The molecule has 1 N–H and O–H groups in total. The molecule has 5 heteroatoms. The molecule has 0 saturated heterocycles.